The van der Waals surface area contributed by atoms with Crippen LogP contribution in [0.3, 0.4) is 0 Å². The van der Waals surface area contributed by atoms with Gasteiger partial charge in [0, 0.05) is 32.0 Å². The van der Waals surface area contributed by atoms with Crippen LogP contribution in [0.2, 0.25) is 5.02 Å². The maximum absolute atomic E-state index is 12.3. The van der Waals surface area contributed by atoms with Crippen molar-refractivity contribution in [2.45, 2.75) is 18.4 Å². The number of sulfonamides is 1. The van der Waals surface area contributed by atoms with Crippen LogP contribution in [0.4, 0.5) is 5.69 Å². The highest BCUT2D eigenvalue weighted by Gasteiger charge is 2.19. The molecule has 1 aromatic carbocycles. The molecule has 0 bridgehead atoms. The zero-order chi connectivity index (χ0) is 14.9. The molecule has 0 amide bonds. The van der Waals surface area contributed by atoms with Crippen molar-refractivity contribution in [2.24, 2.45) is 0 Å². The third-order valence-electron chi connectivity index (χ3n) is 2.71. The molecule has 1 heterocycles. The number of anilines is 1. The SMILES string of the molecule is Cc1c(N)cc(Cl)cc1S(=O)(=O)NCc1cc(Br)cs1. The Labute approximate surface area is 135 Å². The number of rotatable bonds is 4. The molecule has 108 valence electrons. The molecule has 2 aromatic rings. The lowest BCUT2D eigenvalue weighted by molar-refractivity contribution is 0.581. The van der Waals surface area contributed by atoms with Crippen LogP contribution in [0.25, 0.3) is 0 Å². The molecule has 0 saturated heterocycles. The molecule has 0 aliphatic heterocycles. The molecule has 2 rings (SSSR count). The Kier molecular flexibility index (Phi) is 4.76. The van der Waals surface area contributed by atoms with Gasteiger partial charge in [-0.1, -0.05) is 11.6 Å². The number of halogens is 2. The Balaban J connectivity index is 2.27. The minimum absolute atomic E-state index is 0.109. The van der Waals surface area contributed by atoms with E-state index in [0.29, 0.717) is 16.3 Å². The zero-order valence-electron chi connectivity index (χ0n) is 10.5. The zero-order valence-corrected chi connectivity index (χ0v) is 14.5. The summed E-state index contributed by atoms with van der Waals surface area (Å²) in [6.45, 7) is 1.88. The van der Waals surface area contributed by atoms with Crippen LogP contribution in [-0.4, -0.2) is 8.42 Å². The molecule has 0 aliphatic carbocycles. The van der Waals surface area contributed by atoms with E-state index in [1.807, 2.05) is 11.4 Å². The highest BCUT2D eigenvalue weighted by atomic mass is 79.9. The van der Waals surface area contributed by atoms with Crippen molar-refractivity contribution in [3.8, 4) is 0 Å². The first-order valence-electron chi connectivity index (χ1n) is 5.58. The predicted molar refractivity (Wildman–Crippen MR) is 86.6 cm³/mol. The molecule has 8 heteroatoms. The summed E-state index contributed by atoms with van der Waals surface area (Å²) >= 11 is 10.7. The predicted octanol–water partition coefficient (Wildman–Crippen LogP) is 3.53. The lowest BCUT2D eigenvalue weighted by atomic mass is 10.2. The van der Waals surface area contributed by atoms with Gasteiger partial charge in [-0.3, -0.25) is 0 Å². The number of hydrogen-bond donors (Lipinski definition) is 2. The summed E-state index contributed by atoms with van der Waals surface area (Å²) in [5.74, 6) is 0. The van der Waals surface area contributed by atoms with Gasteiger partial charge in [-0.2, -0.15) is 0 Å². The molecule has 4 nitrogen and oxygen atoms in total. The van der Waals surface area contributed by atoms with E-state index >= 15 is 0 Å². The normalized spacial score (nSPS) is 11.8. The van der Waals surface area contributed by atoms with Gasteiger partial charge in [-0.15, -0.1) is 11.3 Å². The van der Waals surface area contributed by atoms with Crippen LogP contribution in [0.15, 0.2) is 32.9 Å². The first kappa shape index (κ1) is 15.8. The highest BCUT2D eigenvalue weighted by molar-refractivity contribution is 9.10. The maximum Gasteiger partial charge on any atom is 0.241 e. The summed E-state index contributed by atoms with van der Waals surface area (Å²) < 4.78 is 28.1. The standard InChI is InChI=1S/C12H12BrClN2O2S2/c1-7-11(15)3-9(14)4-12(7)20(17,18)16-5-10-2-8(13)6-19-10/h2-4,6,16H,5,15H2,1H3. The van der Waals surface area contributed by atoms with Crippen LogP contribution in [0, 0.1) is 6.92 Å². The van der Waals surface area contributed by atoms with Crippen LogP contribution in [0.5, 0.6) is 0 Å². The van der Waals surface area contributed by atoms with E-state index in [9.17, 15) is 8.42 Å². The number of thiophene rings is 1. The van der Waals surface area contributed by atoms with Crippen molar-refractivity contribution in [3.63, 3.8) is 0 Å². The van der Waals surface area contributed by atoms with Crippen molar-refractivity contribution >= 4 is 54.6 Å². The molecule has 1 aromatic heterocycles. The van der Waals surface area contributed by atoms with Gasteiger partial charge in [-0.05, 0) is 46.6 Å². The highest BCUT2D eigenvalue weighted by Crippen LogP contribution is 2.26. The largest absolute Gasteiger partial charge is 0.398 e. The van der Waals surface area contributed by atoms with Crippen LogP contribution in [0.1, 0.15) is 10.4 Å². The van der Waals surface area contributed by atoms with Gasteiger partial charge in [0.05, 0.1) is 4.90 Å². The molecule has 0 unspecified atom stereocenters. The second-order valence-electron chi connectivity index (χ2n) is 4.17. The Morgan fingerprint density at radius 1 is 1.40 bits per heavy atom. The summed E-state index contributed by atoms with van der Waals surface area (Å²) in [5.41, 5.74) is 6.60. The molecule has 0 fully saturated rings. The minimum atomic E-state index is -3.65. The first-order valence-corrected chi connectivity index (χ1v) is 9.11. The number of hydrogen-bond acceptors (Lipinski definition) is 4. The van der Waals surface area contributed by atoms with Gasteiger partial charge in [0.2, 0.25) is 10.0 Å². The quantitative estimate of drug-likeness (QED) is 0.778. The molecule has 0 atom stereocenters. The van der Waals surface area contributed by atoms with Crippen LogP contribution in [-0.2, 0) is 16.6 Å². The molecule has 20 heavy (non-hydrogen) atoms. The first-order chi connectivity index (χ1) is 9.29. The maximum atomic E-state index is 12.3. The van der Waals surface area contributed by atoms with E-state index in [1.54, 1.807) is 6.92 Å². The molecule has 0 spiro atoms. The number of nitrogens with two attached hydrogens (primary N) is 1. The summed E-state index contributed by atoms with van der Waals surface area (Å²) in [6, 6.07) is 4.80. The summed E-state index contributed by atoms with van der Waals surface area (Å²) in [7, 11) is -3.65. The lowest BCUT2D eigenvalue weighted by Gasteiger charge is -2.11. The molecule has 0 saturated carbocycles. The van der Waals surface area contributed by atoms with Crippen molar-refractivity contribution in [3.05, 3.63) is 43.5 Å². The number of benzene rings is 1. The van der Waals surface area contributed by atoms with E-state index in [4.69, 9.17) is 17.3 Å². The summed E-state index contributed by atoms with van der Waals surface area (Å²) in [5, 5.41) is 2.19. The van der Waals surface area contributed by atoms with Gasteiger partial charge in [0.1, 0.15) is 0 Å². The smallest absolute Gasteiger partial charge is 0.241 e. The second kappa shape index (κ2) is 6.03. The van der Waals surface area contributed by atoms with E-state index in [1.165, 1.54) is 23.5 Å². The Morgan fingerprint density at radius 2 is 2.10 bits per heavy atom. The van der Waals surface area contributed by atoms with Gasteiger partial charge >= 0.3 is 0 Å². The van der Waals surface area contributed by atoms with Gasteiger partial charge in [0.15, 0.2) is 0 Å². The fourth-order valence-corrected chi connectivity index (χ4v) is 4.72. The molecule has 3 N–H and O–H groups in total. The fourth-order valence-electron chi connectivity index (χ4n) is 1.64. The fraction of sp³-hybridized carbons (Fsp3) is 0.167. The van der Waals surface area contributed by atoms with Gasteiger partial charge < -0.3 is 5.73 Å². The van der Waals surface area contributed by atoms with E-state index in [-0.39, 0.29) is 11.4 Å². The third-order valence-corrected chi connectivity index (χ3v) is 6.16. The topological polar surface area (TPSA) is 72.2 Å². The molecule has 0 aliphatic rings. The molecular formula is C12H12BrClN2O2S2. The number of nitrogens with one attached hydrogen (secondary N) is 1. The summed E-state index contributed by atoms with van der Waals surface area (Å²) in [6.07, 6.45) is 0. The van der Waals surface area contributed by atoms with E-state index in [2.05, 4.69) is 20.7 Å². The van der Waals surface area contributed by atoms with Gasteiger partial charge in [-0.25, -0.2) is 13.1 Å². The lowest BCUT2D eigenvalue weighted by Crippen LogP contribution is -2.24. The monoisotopic (exact) mass is 394 g/mol. The number of nitrogen functional groups attached to an aromatic ring is 1. The molecular weight excluding hydrogens is 384 g/mol. The average molecular weight is 396 g/mol. The second-order valence-corrected chi connectivity index (χ2v) is 8.26. The Morgan fingerprint density at radius 3 is 2.70 bits per heavy atom. The van der Waals surface area contributed by atoms with Crippen molar-refractivity contribution < 1.29 is 8.42 Å². The Hall–Kier alpha value is -0.600. The average Bonchev–Trinajstić information content (AvgIpc) is 2.77. The third kappa shape index (κ3) is 3.53. The Bertz CT molecular complexity index is 744. The van der Waals surface area contributed by atoms with Crippen molar-refractivity contribution in [1.82, 2.24) is 4.72 Å². The van der Waals surface area contributed by atoms with E-state index < -0.39 is 10.0 Å². The molecule has 0 radical (unpaired) electrons. The van der Waals surface area contributed by atoms with Crippen LogP contribution >= 0.6 is 38.9 Å². The summed E-state index contributed by atoms with van der Waals surface area (Å²) in [4.78, 5) is 1.02. The van der Waals surface area contributed by atoms with Gasteiger partial charge in [0.25, 0.3) is 0 Å². The minimum Gasteiger partial charge on any atom is -0.398 e. The van der Waals surface area contributed by atoms with Crippen molar-refractivity contribution in [1.29, 1.82) is 0 Å². The van der Waals surface area contributed by atoms with Crippen LogP contribution < -0.4 is 10.5 Å². The van der Waals surface area contributed by atoms with Crippen molar-refractivity contribution in [2.75, 3.05) is 5.73 Å². The van der Waals surface area contributed by atoms with E-state index in [0.717, 1.165) is 9.35 Å².